The van der Waals surface area contributed by atoms with E-state index in [1.165, 1.54) is 12.1 Å². The number of benzene rings is 2. The van der Waals surface area contributed by atoms with Crippen molar-refractivity contribution in [3.8, 4) is 0 Å². The highest BCUT2D eigenvalue weighted by Crippen LogP contribution is 2.19. The Balaban J connectivity index is 2.02. The molecule has 4 nitrogen and oxygen atoms in total. The molecule has 0 saturated heterocycles. The van der Waals surface area contributed by atoms with Gasteiger partial charge in [0.25, 0.3) is 0 Å². The summed E-state index contributed by atoms with van der Waals surface area (Å²) in [4.78, 5) is 10.7. The van der Waals surface area contributed by atoms with E-state index in [1.54, 1.807) is 24.4 Å². The van der Waals surface area contributed by atoms with E-state index in [1.807, 2.05) is 19.1 Å². The number of aromatic carboxylic acids is 1. The van der Waals surface area contributed by atoms with Crippen LogP contribution in [0, 0.1) is 6.92 Å². The van der Waals surface area contributed by atoms with Gasteiger partial charge in [0.05, 0.1) is 17.5 Å². The molecule has 102 valence electrons. The molecule has 0 aromatic heterocycles. The third kappa shape index (κ3) is 3.59. The quantitative estimate of drug-likeness (QED) is 0.664. The number of rotatable bonds is 4. The molecule has 0 radical (unpaired) electrons. The zero-order valence-electron chi connectivity index (χ0n) is 10.8. The number of aryl methyl sites for hydroxylation is 1. The second-order valence-corrected chi connectivity index (χ2v) is 4.67. The Hall–Kier alpha value is -2.33. The van der Waals surface area contributed by atoms with Gasteiger partial charge in [0.1, 0.15) is 0 Å². The van der Waals surface area contributed by atoms with Crippen molar-refractivity contribution in [1.29, 1.82) is 0 Å². The molecule has 2 aromatic rings. The molecule has 20 heavy (non-hydrogen) atoms. The van der Waals surface area contributed by atoms with Gasteiger partial charge in [0.15, 0.2) is 0 Å². The van der Waals surface area contributed by atoms with Crippen LogP contribution >= 0.6 is 11.6 Å². The molecule has 0 fully saturated rings. The van der Waals surface area contributed by atoms with Crippen LogP contribution in [0.2, 0.25) is 5.02 Å². The van der Waals surface area contributed by atoms with Crippen LogP contribution in [0.4, 0.5) is 5.69 Å². The fourth-order valence-electron chi connectivity index (χ4n) is 1.56. The van der Waals surface area contributed by atoms with Crippen LogP contribution in [-0.2, 0) is 0 Å². The first-order chi connectivity index (χ1) is 9.56. The predicted octanol–water partition coefficient (Wildman–Crippen LogP) is 3.79. The molecule has 0 spiro atoms. The lowest BCUT2D eigenvalue weighted by Gasteiger charge is -2.02. The lowest BCUT2D eigenvalue weighted by atomic mass is 10.1. The second kappa shape index (κ2) is 6.21. The first kappa shape index (κ1) is 14.1. The zero-order chi connectivity index (χ0) is 14.5. The van der Waals surface area contributed by atoms with Gasteiger partial charge >= 0.3 is 5.97 Å². The van der Waals surface area contributed by atoms with Gasteiger partial charge in [-0.3, -0.25) is 5.43 Å². The molecule has 0 aliphatic heterocycles. The number of hydrazone groups is 1. The van der Waals surface area contributed by atoms with Crippen molar-refractivity contribution in [3.05, 3.63) is 64.2 Å². The summed E-state index contributed by atoms with van der Waals surface area (Å²) in [7, 11) is 0. The highest BCUT2D eigenvalue weighted by Gasteiger charge is 2.00. The van der Waals surface area contributed by atoms with Crippen LogP contribution in [0.5, 0.6) is 0 Å². The molecule has 0 unspecified atom stereocenters. The lowest BCUT2D eigenvalue weighted by Crippen LogP contribution is -1.96. The Morgan fingerprint density at radius 3 is 2.55 bits per heavy atom. The normalized spacial score (nSPS) is 10.7. The fourth-order valence-corrected chi connectivity index (χ4v) is 1.74. The average Bonchev–Trinajstić information content (AvgIpc) is 2.43. The fraction of sp³-hybridized carbons (Fsp3) is 0.0667. The molecule has 2 rings (SSSR count). The van der Waals surface area contributed by atoms with Crippen molar-refractivity contribution in [2.45, 2.75) is 6.92 Å². The van der Waals surface area contributed by atoms with Crippen LogP contribution in [0.3, 0.4) is 0 Å². The number of hydrogen-bond acceptors (Lipinski definition) is 3. The van der Waals surface area contributed by atoms with Gasteiger partial charge in [-0.25, -0.2) is 4.79 Å². The summed E-state index contributed by atoms with van der Waals surface area (Å²) < 4.78 is 0. The van der Waals surface area contributed by atoms with Crippen molar-refractivity contribution in [2.24, 2.45) is 5.10 Å². The van der Waals surface area contributed by atoms with Crippen LogP contribution in [0.15, 0.2) is 47.6 Å². The van der Waals surface area contributed by atoms with Gasteiger partial charge in [-0.05, 0) is 42.3 Å². The summed E-state index contributed by atoms with van der Waals surface area (Å²) in [5, 5.41) is 13.5. The molecule has 0 heterocycles. The topological polar surface area (TPSA) is 61.7 Å². The molecule has 0 bridgehead atoms. The summed E-state index contributed by atoms with van der Waals surface area (Å²) in [5.74, 6) is -0.944. The molecule has 0 aliphatic rings. The Kier molecular flexibility index (Phi) is 4.38. The van der Waals surface area contributed by atoms with Crippen molar-refractivity contribution in [1.82, 2.24) is 0 Å². The molecular formula is C15H13ClN2O2. The van der Waals surface area contributed by atoms with E-state index >= 15 is 0 Å². The Bertz CT molecular complexity index is 651. The van der Waals surface area contributed by atoms with Gasteiger partial charge in [0, 0.05) is 5.02 Å². The maximum atomic E-state index is 10.7. The highest BCUT2D eigenvalue weighted by atomic mass is 35.5. The Morgan fingerprint density at radius 1 is 1.25 bits per heavy atom. The minimum absolute atomic E-state index is 0.250. The first-order valence-electron chi connectivity index (χ1n) is 5.95. The van der Waals surface area contributed by atoms with Crippen LogP contribution < -0.4 is 5.43 Å². The van der Waals surface area contributed by atoms with Crippen LogP contribution in [-0.4, -0.2) is 17.3 Å². The number of carboxylic acid groups (broad SMARTS) is 1. The third-order valence-electron chi connectivity index (χ3n) is 2.74. The molecule has 5 heteroatoms. The molecule has 0 atom stereocenters. The number of anilines is 1. The molecule has 0 aliphatic carbocycles. The van der Waals surface area contributed by atoms with Gasteiger partial charge in [-0.15, -0.1) is 0 Å². The van der Waals surface area contributed by atoms with E-state index < -0.39 is 5.97 Å². The monoisotopic (exact) mass is 288 g/mol. The number of hydrogen-bond donors (Lipinski definition) is 2. The molecular weight excluding hydrogens is 276 g/mol. The van der Waals surface area contributed by atoms with Crippen molar-refractivity contribution < 1.29 is 9.90 Å². The van der Waals surface area contributed by atoms with Gasteiger partial charge < -0.3 is 5.11 Å². The average molecular weight is 289 g/mol. The summed E-state index contributed by atoms with van der Waals surface area (Å²) in [6.07, 6.45) is 1.61. The van der Waals surface area contributed by atoms with Gasteiger partial charge in [-0.1, -0.05) is 29.8 Å². The second-order valence-electron chi connectivity index (χ2n) is 4.26. The van der Waals surface area contributed by atoms with Crippen molar-refractivity contribution in [2.75, 3.05) is 5.43 Å². The van der Waals surface area contributed by atoms with E-state index in [9.17, 15) is 4.79 Å². The summed E-state index contributed by atoms with van der Waals surface area (Å²) in [6.45, 7) is 1.93. The maximum Gasteiger partial charge on any atom is 0.335 e. The van der Waals surface area contributed by atoms with E-state index in [-0.39, 0.29) is 5.56 Å². The zero-order valence-corrected chi connectivity index (χ0v) is 11.6. The lowest BCUT2D eigenvalue weighted by molar-refractivity contribution is 0.0697. The summed E-state index contributed by atoms with van der Waals surface area (Å²) >= 11 is 6.01. The summed E-state index contributed by atoms with van der Waals surface area (Å²) in [5.41, 5.74) is 5.72. The SMILES string of the molecule is Cc1ccc(N/N=C\c2ccc(C(=O)O)cc2)cc1Cl. The van der Waals surface area contributed by atoms with E-state index in [4.69, 9.17) is 16.7 Å². The molecule has 2 N–H and O–H groups in total. The van der Waals surface area contributed by atoms with Crippen molar-refractivity contribution >= 4 is 29.5 Å². The Labute approximate surface area is 121 Å². The van der Waals surface area contributed by atoms with Gasteiger partial charge in [-0.2, -0.15) is 5.10 Å². The molecule has 2 aromatic carbocycles. The smallest absolute Gasteiger partial charge is 0.335 e. The van der Waals surface area contributed by atoms with E-state index in [2.05, 4.69) is 10.5 Å². The van der Waals surface area contributed by atoms with Gasteiger partial charge in [0.2, 0.25) is 0 Å². The minimum Gasteiger partial charge on any atom is -0.478 e. The molecule has 0 saturated carbocycles. The number of nitrogens with zero attached hydrogens (tertiary/aromatic N) is 1. The first-order valence-corrected chi connectivity index (χ1v) is 6.32. The standard InChI is InChI=1S/C15H13ClN2O2/c1-10-2-7-13(8-14(10)16)18-17-9-11-3-5-12(6-4-11)15(19)20/h2-9,18H,1H3,(H,19,20)/b17-9-. The van der Waals surface area contributed by atoms with Crippen LogP contribution in [0.25, 0.3) is 0 Å². The summed E-state index contributed by atoms with van der Waals surface area (Å²) in [6, 6.07) is 12.0. The third-order valence-corrected chi connectivity index (χ3v) is 3.14. The Morgan fingerprint density at radius 2 is 1.95 bits per heavy atom. The number of carboxylic acids is 1. The minimum atomic E-state index is -0.944. The number of nitrogens with one attached hydrogen (secondary N) is 1. The van der Waals surface area contributed by atoms with Crippen LogP contribution in [0.1, 0.15) is 21.5 Å². The number of carbonyl (C=O) groups is 1. The predicted molar refractivity (Wildman–Crippen MR) is 80.8 cm³/mol. The van der Waals surface area contributed by atoms with E-state index in [0.29, 0.717) is 5.02 Å². The number of halogens is 1. The van der Waals surface area contributed by atoms with Crippen molar-refractivity contribution in [3.63, 3.8) is 0 Å². The van der Waals surface area contributed by atoms with E-state index in [0.717, 1.165) is 16.8 Å². The molecule has 0 amide bonds. The maximum absolute atomic E-state index is 10.7. The largest absolute Gasteiger partial charge is 0.478 e. The highest BCUT2D eigenvalue weighted by molar-refractivity contribution is 6.31.